The summed E-state index contributed by atoms with van der Waals surface area (Å²) in [6, 6.07) is 0. The highest BCUT2D eigenvalue weighted by Crippen LogP contribution is 2.42. The van der Waals surface area contributed by atoms with Crippen molar-refractivity contribution in [3.63, 3.8) is 0 Å². The van der Waals surface area contributed by atoms with Gasteiger partial charge in [-0.05, 0) is 103 Å². The predicted molar refractivity (Wildman–Crippen MR) is 114 cm³/mol. The van der Waals surface area contributed by atoms with E-state index in [1.807, 2.05) is 0 Å². The van der Waals surface area contributed by atoms with E-state index in [2.05, 4.69) is 27.7 Å². The zero-order chi connectivity index (χ0) is 19.9. The molecule has 0 aliphatic heterocycles. The lowest BCUT2D eigenvalue weighted by atomic mass is 9.86. The maximum absolute atomic E-state index is 6.41. The lowest BCUT2D eigenvalue weighted by Gasteiger charge is -2.23. The first-order chi connectivity index (χ1) is 12.9. The van der Waals surface area contributed by atoms with Crippen LogP contribution in [0.15, 0.2) is 0 Å². The number of hydrogen-bond donors (Lipinski definition) is 0. The molecule has 0 spiro atoms. The number of alkyl halides is 2. The van der Waals surface area contributed by atoms with E-state index in [0.29, 0.717) is 11.8 Å². The molecule has 0 atom stereocenters. The minimum absolute atomic E-state index is 0.491. The average Bonchev–Trinajstić information content (AvgIpc) is 2.84. The van der Waals surface area contributed by atoms with E-state index in [0.717, 1.165) is 41.9 Å². The number of fused-ring (bicyclic) bond motifs is 2. The molecule has 1 aliphatic rings. The molecule has 0 saturated carbocycles. The van der Waals surface area contributed by atoms with Gasteiger partial charge < -0.3 is 9.47 Å². The second-order valence-corrected chi connectivity index (χ2v) is 7.92. The molecule has 0 fully saturated rings. The zero-order valence-electron chi connectivity index (χ0n) is 17.1. The van der Waals surface area contributed by atoms with Gasteiger partial charge in [0.2, 0.25) is 0 Å². The highest BCUT2D eigenvalue weighted by molar-refractivity contribution is 6.17. The molecule has 1 aliphatic carbocycles. The lowest BCUT2D eigenvalue weighted by molar-refractivity contribution is 0.407. The van der Waals surface area contributed by atoms with Gasteiger partial charge in [-0.25, -0.2) is 0 Å². The van der Waals surface area contributed by atoms with Crippen molar-refractivity contribution >= 4 is 23.2 Å². The minimum Gasteiger partial charge on any atom is -0.496 e. The van der Waals surface area contributed by atoms with Crippen molar-refractivity contribution in [2.24, 2.45) is 0 Å². The average molecular weight is 407 g/mol. The summed E-state index contributed by atoms with van der Waals surface area (Å²) < 4.78 is 11.5. The van der Waals surface area contributed by atoms with E-state index in [1.54, 1.807) is 14.2 Å². The van der Waals surface area contributed by atoms with Gasteiger partial charge in [0.25, 0.3) is 0 Å². The molecule has 0 amide bonds. The van der Waals surface area contributed by atoms with Crippen LogP contribution in [0.2, 0.25) is 0 Å². The van der Waals surface area contributed by atoms with Crippen LogP contribution in [0, 0.1) is 27.7 Å². The summed E-state index contributed by atoms with van der Waals surface area (Å²) in [4.78, 5) is 0. The molecule has 146 valence electrons. The van der Waals surface area contributed by atoms with Crippen LogP contribution in [0.1, 0.15) is 55.6 Å². The number of halogens is 2. The summed E-state index contributed by atoms with van der Waals surface area (Å²) >= 11 is 12.8. The van der Waals surface area contributed by atoms with Gasteiger partial charge >= 0.3 is 0 Å². The Morgan fingerprint density at radius 2 is 1.00 bits per heavy atom. The van der Waals surface area contributed by atoms with E-state index in [4.69, 9.17) is 32.7 Å². The van der Waals surface area contributed by atoms with Crippen molar-refractivity contribution in [1.29, 1.82) is 0 Å². The van der Waals surface area contributed by atoms with Gasteiger partial charge in [0.15, 0.2) is 0 Å². The molecular weight excluding hydrogens is 379 g/mol. The lowest BCUT2D eigenvalue weighted by Crippen LogP contribution is -2.08. The highest BCUT2D eigenvalue weighted by Gasteiger charge is 2.27. The van der Waals surface area contributed by atoms with Crippen LogP contribution in [-0.4, -0.2) is 14.2 Å². The van der Waals surface area contributed by atoms with Gasteiger partial charge in [-0.2, -0.15) is 0 Å². The predicted octanol–water partition coefficient (Wildman–Crippen LogP) is 6.10. The maximum atomic E-state index is 6.41. The first-order valence-electron chi connectivity index (χ1n) is 9.38. The first-order valence-corrected chi connectivity index (χ1v) is 10.4. The van der Waals surface area contributed by atoms with E-state index < -0.39 is 0 Å². The minimum atomic E-state index is 0.491. The molecule has 0 saturated heterocycles. The van der Waals surface area contributed by atoms with E-state index in [1.165, 1.54) is 44.5 Å². The quantitative estimate of drug-likeness (QED) is 0.570. The fourth-order valence-electron chi connectivity index (χ4n) is 4.88. The molecule has 0 unspecified atom stereocenters. The molecule has 0 bridgehead atoms. The normalized spacial score (nSPS) is 13.0. The van der Waals surface area contributed by atoms with Crippen LogP contribution in [0.25, 0.3) is 0 Å². The van der Waals surface area contributed by atoms with Crippen molar-refractivity contribution in [3.05, 3.63) is 55.6 Å². The summed E-state index contributed by atoms with van der Waals surface area (Å²) in [5, 5.41) is 0. The van der Waals surface area contributed by atoms with E-state index in [-0.39, 0.29) is 0 Å². The van der Waals surface area contributed by atoms with Crippen LogP contribution in [-0.2, 0) is 31.0 Å². The van der Waals surface area contributed by atoms with Gasteiger partial charge in [-0.3, -0.25) is 0 Å². The Balaban J connectivity index is 2.33. The second-order valence-electron chi connectivity index (χ2n) is 7.38. The highest BCUT2D eigenvalue weighted by atomic mass is 35.5. The molecule has 0 aromatic heterocycles. The zero-order valence-corrected chi connectivity index (χ0v) is 18.6. The summed E-state index contributed by atoms with van der Waals surface area (Å²) in [7, 11) is 3.49. The van der Waals surface area contributed by atoms with E-state index >= 15 is 0 Å². The van der Waals surface area contributed by atoms with Gasteiger partial charge in [-0.1, -0.05) is 0 Å². The summed E-state index contributed by atoms with van der Waals surface area (Å²) in [5.74, 6) is 2.92. The van der Waals surface area contributed by atoms with Gasteiger partial charge in [-0.15, -0.1) is 23.2 Å². The molecule has 4 heteroatoms. The Kier molecular flexibility index (Phi) is 5.98. The number of rotatable bonds is 4. The second kappa shape index (κ2) is 7.93. The van der Waals surface area contributed by atoms with Gasteiger partial charge in [0.05, 0.1) is 14.2 Å². The third-order valence-electron chi connectivity index (χ3n) is 6.28. The van der Waals surface area contributed by atoms with Crippen LogP contribution in [0.4, 0.5) is 0 Å². The Labute approximate surface area is 172 Å². The molecule has 2 aromatic rings. The van der Waals surface area contributed by atoms with Crippen LogP contribution < -0.4 is 9.47 Å². The monoisotopic (exact) mass is 406 g/mol. The molecule has 0 N–H and O–H groups in total. The smallest absolute Gasteiger partial charge is 0.125 e. The number of methoxy groups -OCH3 is 2. The van der Waals surface area contributed by atoms with Crippen molar-refractivity contribution in [1.82, 2.24) is 0 Å². The molecule has 27 heavy (non-hydrogen) atoms. The van der Waals surface area contributed by atoms with Crippen molar-refractivity contribution in [3.8, 4) is 11.5 Å². The van der Waals surface area contributed by atoms with Crippen LogP contribution >= 0.6 is 23.2 Å². The van der Waals surface area contributed by atoms with Crippen molar-refractivity contribution < 1.29 is 9.47 Å². The third kappa shape index (κ3) is 3.11. The number of hydrogen-bond acceptors (Lipinski definition) is 2. The standard InChI is InChI=1S/C23H28Cl2O2/c1-12-16-7-8-17-13(2)23(27-6)15(4)21(11-25)19(17)9-18(16)20(10-24)14(3)22(12)26-5/h7-11H2,1-6H3. The maximum Gasteiger partial charge on any atom is 0.125 e. The SMILES string of the molecule is COc1c(C)c(CCl)c2c(c1C)CCc1c(C)c(OC)c(C)c(CCl)c1C2. The summed E-state index contributed by atoms with van der Waals surface area (Å²) in [6.07, 6.45) is 2.82. The fourth-order valence-corrected chi connectivity index (χ4v) is 5.61. The number of benzene rings is 2. The Hall–Kier alpha value is -1.38. The van der Waals surface area contributed by atoms with Gasteiger partial charge in [0, 0.05) is 11.8 Å². The van der Waals surface area contributed by atoms with E-state index in [9.17, 15) is 0 Å². The molecular formula is C23H28Cl2O2. The summed E-state index contributed by atoms with van der Waals surface area (Å²) in [6.45, 7) is 8.56. The summed E-state index contributed by atoms with van der Waals surface area (Å²) in [5.41, 5.74) is 12.7. The third-order valence-corrected chi connectivity index (χ3v) is 6.82. The van der Waals surface area contributed by atoms with Crippen LogP contribution in [0.5, 0.6) is 11.5 Å². The number of ether oxygens (including phenoxy) is 2. The molecule has 2 nitrogen and oxygen atoms in total. The first kappa shape index (κ1) is 20.4. The Bertz CT molecular complexity index is 827. The Morgan fingerprint density at radius 3 is 1.30 bits per heavy atom. The van der Waals surface area contributed by atoms with Crippen molar-refractivity contribution in [2.75, 3.05) is 14.2 Å². The molecule has 0 heterocycles. The van der Waals surface area contributed by atoms with Crippen LogP contribution in [0.3, 0.4) is 0 Å². The Morgan fingerprint density at radius 1 is 0.630 bits per heavy atom. The molecule has 2 aromatic carbocycles. The molecule has 0 radical (unpaired) electrons. The van der Waals surface area contributed by atoms with Crippen molar-refractivity contribution in [2.45, 2.75) is 58.7 Å². The molecule has 3 rings (SSSR count). The topological polar surface area (TPSA) is 18.5 Å². The van der Waals surface area contributed by atoms with Gasteiger partial charge in [0.1, 0.15) is 11.5 Å². The largest absolute Gasteiger partial charge is 0.496 e. The fraction of sp³-hybridized carbons (Fsp3) is 0.478.